The summed E-state index contributed by atoms with van der Waals surface area (Å²) in [6.07, 6.45) is 2.18. The van der Waals surface area contributed by atoms with Crippen molar-refractivity contribution in [2.45, 2.75) is 38.3 Å². The van der Waals surface area contributed by atoms with Gasteiger partial charge < -0.3 is 14.8 Å². The Bertz CT molecular complexity index is 1180. The molecule has 2 aromatic carbocycles. The number of hydrogen-bond acceptors (Lipinski definition) is 5. The number of aryl methyl sites for hydroxylation is 1. The lowest BCUT2D eigenvalue weighted by Gasteiger charge is -2.14. The van der Waals surface area contributed by atoms with Crippen LogP contribution in [0.3, 0.4) is 0 Å². The van der Waals surface area contributed by atoms with Gasteiger partial charge in [0.05, 0.1) is 18.0 Å². The lowest BCUT2D eigenvalue weighted by atomic mass is 10.2. The molecule has 0 bridgehead atoms. The number of carbonyl (C=O) groups is 1. The van der Waals surface area contributed by atoms with Crippen molar-refractivity contribution in [1.29, 1.82) is 0 Å². The molecule has 0 saturated heterocycles. The van der Waals surface area contributed by atoms with E-state index in [1.807, 2.05) is 6.07 Å². The smallest absolute Gasteiger partial charge is 0.387 e. The normalized spacial score (nSPS) is 13.4. The number of alkyl halides is 2. The molecule has 0 spiro atoms. The monoisotopic (exact) mass is 429 g/mol. The summed E-state index contributed by atoms with van der Waals surface area (Å²) in [6, 6.07) is 11.5. The molecule has 0 radical (unpaired) electrons. The van der Waals surface area contributed by atoms with Gasteiger partial charge in [0, 0.05) is 30.6 Å². The van der Waals surface area contributed by atoms with Crippen LogP contribution < -0.4 is 20.3 Å². The van der Waals surface area contributed by atoms with Crippen molar-refractivity contribution in [2.75, 3.05) is 12.4 Å². The molecule has 1 aliphatic rings. The predicted molar refractivity (Wildman–Crippen MR) is 111 cm³/mol. The van der Waals surface area contributed by atoms with Crippen molar-refractivity contribution in [1.82, 2.24) is 9.55 Å². The molecule has 9 heteroatoms. The third-order valence-corrected chi connectivity index (χ3v) is 5.03. The Hall–Kier alpha value is -3.49. The lowest BCUT2D eigenvalue weighted by Crippen LogP contribution is -2.25. The van der Waals surface area contributed by atoms with Gasteiger partial charge in [0.15, 0.2) is 11.5 Å². The van der Waals surface area contributed by atoms with Crippen molar-refractivity contribution >= 4 is 22.5 Å². The van der Waals surface area contributed by atoms with Crippen molar-refractivity contribution in [3.63, 3.8) is 0 Å². The highest BCUT2D eigenvalue weighted by molar-refractivity contribution is 5.91. The Morgan fingerprint density at radius 3 is 2.71 bits per heavy atom. The molecule has 7 nitrogen and oxygen atoms in total. The molecular formula is C22H21F2N3O4. The molecule has 0 unspecified atom stereocenters. The fourth-order valence-corrected chi connectivity index (χ4v) is 3.47. The van der Waals surface area contributed by atoms with Crippen LogP contribution in [0.4, 0.5) is 14.5 Å². The van der Waals surface area contributed by atoms with Gasteiger partial charge in [0.25, 0.3) is 5.56 Å². The van der Waals surface area contributed by atoms with Crippen LogP contribution in [0, 0.1) is 0 Å². The van der Waals surface area contributed by atoms with Crippen molar-refractivity contribution in [3.8, 4) is 11.5 Å². The van der Waals surface area contributed by atoms with E-state index < -0.39 is 6.61 Å². The van der Waals surface area contributed by atoms with Crippen LogP contribution in [0.1, 0.15) is 31.1 Å². The van der Waals surface area contributed by atoms with Gasteiger partial charge >= 0.3 is 6.61 Å². The fourth-order valence-electron chi connectivity index (χ4n) is 3.47. The summed E-state index contributed by atoms with van der Waals surface area (Å²) in [4.78, 5) is 30.0. The molecule has 0 atom stereocenters. The summed E-state index contributed by atoms with van der Waals surface area (Å²) in [6.45, 7) is -3.02. The van der Waals surface area contributed by atoms with Crippen LogP contribution >= 0.6 is 0 Å². The minimum Gasteiger partial charge on any atom is -0.493 e. The molecular weight excluding hydrogens is 408 g/mol. The number of carbonyl (C=O) groups excluding carboxylic acids is 1. The van der Waals surface area contributed by atoms with Gasteiger partial charge in [-0.1, -0.05) is 12.1 Å². The number of aromatic nitrogens is 2. The molecule has 1 amide bonds. The topological polar surface area (TPSA) is 82.5 Å². The summed E-state index contributed by atoms with van der Waals surface area (Å²) >= 11 is 0. The van der Waals surface area contributed by atoms with Gasteiger partial charge in [-0.05, 0) is 37.1 Å². The van der Waals surface area contributed by atoms with Gasteiger partial charge in [0.2, 0.25) is 5.91 Å². The number of fused-ring (bicyclic) bond motifs is 1. The minimum absolute atomic E-state index is 0.0779. The van der Waals surface area contributed by atoms with Crippen LogP contribution in [-0.4, -0.2) is 29.2 Å². The number of rotatable bonds is 8. The van der Waals surface area contributed by atoms with Gasteiger partial charge in [-0.15, -0.1) is 0 Å². The zero-order valence-corrected chi connectivity index (χ0v) is 16.8. The Balaban J connectivity index is 1.50. The Labute approximate surface area is 176 Å². The number of para-hydroxylation sites is 1. The molecule has 162 valence electrons. The van der Waals surface area contributed by atoms with Gasteiger partial charge in [0.1, 0.15) is 5.82 Å². The molecule has 1 heterocycles. The first-order valence-corrected chi connectivity index (χ1v) is 9.89. The maximum atomic E-state index is 12.9. The standard InChI is InChI=1S/C22H21F2N3O4/c1-30-17-9-6-13(12-18(17)31-22(23)24)25-20(28)11-10-19-26-16-5-3-2-4-15(16)21(29)27(19)14-7-8-14/h2-6,9,12,14,22H,7-8,10-11H2,1H3,(H,25,28). The van der Waals surface area contributed by atoms with Crippen molar-refractivity contribution in [3.05, 3.63) is 58.6 Å². The molecule has 31 heavy (non-hydrogen) atoms. The number of hydrogen-bond donors (Lipinski definition) is 1. The number of nitrogens with one attached hydrogen (secondary N) is 1. The quantitative estimate of drug-likeness (QED) is 0.587. The van der Waals surface area contributed by atoms with Crippen LogP contribution in [0.15, 0.2) is 47.3 Å². The van der Waals surface area contributed by atoms with E-state index in [2.05, 4.69) is 15.0 Å². The Morgan fingerprint density at radius 1 is 1.23 bits per heavy atom. The first-order valence-electron chi connectivity index (χ1n) is 9.89. The largest absolute Gasteiger partial charge is 0.493 e. The van der Waals surface area contributed by atoms with E-state index in [9.17, 15) is 18.4 Å². The second kappa shape index (κ2) is 8.71. The van der Waals surface area contributed by atoms with Crippen molar-refractivity contribution in [2.24, 2.45) is 0 Å². The number of methoxy groups -OCH3 is 1. The van der Waals surface area contributed by atoms with E-state index in [1.165, 1.54) is 25.3 Å². The molecule has 1 saturated carbocycles. The minimum atomic E-state index is -3.02. The molecule has 4 rings (SSSR count). The van der Waals surface area contributed by atoms with Gasteiger partial charge in [-0.2, -0.15) is 8.78 Å². The summed E-state index contributed by atoms with van der Waals surface area (Å²) < 4.78 is 36.3. The SMILES string of the molecule is COc1ccc(NC(=O)CCc2nc3ccccc3c(=O)n2C2CC2)cc1OC(F)F. The second-order valence-corrected chi connectivity index (χ2v) is 7.24. The highest BCUT2D eigenvalue weighted by Crippen LogP contribution is 2.35. The average molecular weight is 429 g/mol. The van der Waals surface area contributed by atoms with E-state index >= 15 is 0 Å². The van der Waals surface area contributed by atoms with E-state index in [1.54, 1.807) is 22.8 Å². The van der Waals surface area contributed by atoms with Gasteiger partial charge in [-0.3, -0.25) is 14.2 Å². The van der Waals surface area contributed by atoms with Crippen LogP contribution in [0.25, 0.3) is 10.9 Å². The third kappa shape index (κ3) is 4.65. The van der Waals surface area contributed by atoms with E-state index in [-0.39, 0.29) is 41.8 Å². The van der Waals surface area contributed by atoms with Crippen molar-refractivity contribution < 1.29 is 23.0 Å². The van der Waals surface area contributed by atoms with E-state index in [0.29, 0.717) is 22.4 Å². The van der Waals surface area contributed by atoms with Crippen LogP contribution in [0.2, 0.25) is 0 Å². The molecule has 1 fully saturated rings. The molecule has 3 aromatic rings. The Kier molecular flexibility index (Phi) is 5.83. The number of anilines is 1. The first kappa shape index (κ1) is 20.8. The van der Waals surface area contributed by atoms with Crippen LogP contribution in [0.5, 0.6) is 11.5 Å². The third-order valence-electron chi connectivity index (χ3n) is 5.03. The average Bonchev–Trinajstić information content (AvgIpc) is 3.57. The lowest BCUT2D eigenvalue weighted by molar-refractivity contribution is -0.116. The number of ether oxygens (including phenoxy) is 2. The first-order chi connectivity index (χ1) is 15.0. The highest BCUT2D eigenvalue weighted by Gasteiger charge is 2.28. The van der Waals surface area contributed by atoms with E-state index in [4.69, 9.17) is 4.74 Å². The molecule has 0 aliphatic heterocycles. The zero-order chi connectivity index (χ0) is 22.0. The highest BCUT2D eigenvalue weighted by atomic mass is 19.3. The zero-order valence-electron chi connectivity index (χ0n) is 16.8. The van der Waals surface area contributed by atoms with Crippen LogP contribution in [-0.2, 0) is 11.2 Å². The predicted octanol–water partition coefficient (Wildman–Crippen LogP) is 3.91. The number of amides is 1. The summed E-state index contributed by atoms with van der Waals surface area (Å²) in [7, 11) is 1.34. The Morgan fingerprint density at radius 2 is 2.00 bits per heavy atom. The summed E-state index contributed by atoms with van der Waals surface area (Å²) in [5, 5.41) is 3.22. The van der Waals surface area contributed by atoms with Gasteiger partial charge in [-0.25, -0.2) is 4.98 Å². The number of halogens is 2. The second-order valence-electron chi connectivity index (χ2n) is 7.24. The molecule has 1 aromatic heterocycles. The maximum Gasteiger partial charge on any atom is 0.387 e. The summed E-state index contributed by atoms with van der Waals surface area (Å²) in [5.41, 5.74) is 0.809. The molecule has 1 aliphatic carbocycles. The number of benzene rings is 2. The summed E-state index contributed by atoms with van der Waals surface area (Å²) in [5.74, 6) is 0.192. The maximum absolute atomic E-state index is 12.9. The fraction of sp³-hybridized carbons (Fsp3) is 0.318. The molecule has 1 N–H and O–H groups in total. The number of nitrogens with zero attached hydrogens (tertiary/aromatic N) is 2. The van der Waals surface area contributed by atoms with E-state index in [0.717, 1.165) is 12.8 Å².